The molecular formula is C21H22N2O3S. The molecule has 0 radical (unpaired) electrons. The molecule has 2 fully saturated rings. The van der Waals surface area contributed by atoms with Gasteiger partial charge >= 0.3 is 5.97 Å². The Kier molecular flexibility index (Phi) is 3.39. The number of para-hydroxylation sites is 1. The molecule has 3 heterocycles. The van der Waals surface area contributed by atoms with E-state index >= 15 is 0 Å². The molecule has 3 atom stereocenters. The van der Waals surface area contributed by atoms with Gasteiger partial charge in [-0.2, -0.15) is 0 Å². The monoisotopic (exact) mass is 382 g/mol. The average Bonchev–Trinajstić information content (AvgIpc) is 3.24. The fourth-order valence-corrected chi connectivity index (χ4v) is 6.41. The number of hydrogen-bond acceptors (Lipinski definition) is 5. The lowest BCUT2D eigenvalue weighted by Gasteiger charge is -2.55. The van der Waals surface area contributed by atoms with Crippen LogP contribution in [0, 0.1) is 5.41 Å². The second-order valence-electron chi connectivity index (χ2n) is 8.12. The van der Waals surface area contributed by atoms with Crippen LogP contribution in [0.2, 0.25) is 0 Å². The number of piperidine rings is 1. The first kappa shape index (κ1) is 16.9. The number of fused-ring (bicyclic) bond motifs is 1. The molecule has 5 rings (SSSR count). The van der Waals surface area contributed by atoms with E-state index in [1.165, 1.54) is 12.7 Å². The number of nitrogens with zero attached hydrogens (tertiary/aromatic N) is 1. The maximum atomic E-state index is 13.1. The van der Waals surface area contributed by atoms with Gasteiger partial charge in [-0.1, -0.05) is 30.4 Å². The summed E-state index contributed by atoms with van der Waals surface area (Å²) in [6, 6.07) is 8.16. The quantitative estimate of drug-likeness (QED) is 0.627. The molecule has 5 nitrogen and oxygen atoms in total. The third-order valence-corrected chi connectivity index (χ3v) is 7.63. The van der Waals surface area contributed by atoms with Gasteiger partial charge in [-0.05, 0) is 44.2 Å². The first-order valence-corrected chi connectivity index (χ1v) is 9.85. The molecule has 0 unspecified atom stereocenters. The molecular weight excluding hydrogens is 360 g/mol. The van der Waals surface area contributed by atoms with E-state index in [9.17, 15) is 9.59 Å². The highest BCUT2D eigenvalue weighted by Gasteiger charge is 2.68. The van der Waals surface area contributed by atoms with Crippen molar-refractivity contribution < 1.29 is 14.3 Å². The minimum atomic E-state index is -0.606. The molecule has 1 aliphatic carbocycles. The van der Waals surface area contributed by atoms with Crippen LogP contribution in [0.5, 0.6) is 0 Å². The normalized spacial score (nSPS) is 33.2. The number of ketones is 1. The van der Waals surface area contributed by atoms with Gasteiger partial charge in [0, 0.05) is 17.9 Å². The number of hydrogen-bond donors (Lipinski definition) is 1. The zero-order valence-electron chi connectivity index (χ0n) is 15.5. The van der Waals surface area contributed by atoms with Gasteiger partial charge < -0.3 is 15.0 Å². The third kappa shape index (κ3) is 1.87. The number of benzene rings is 1. The number of Topliss-reactive ketones (excluding diaryl/α,β-unsaturated/α-hetero) is 1. The summed E-state index contributed by atoms with van der Waals surface area (Å²) in [5.74, 6) is -0.193. The van der Waals surface area contributed by atoms with Crippen molar-refractivity contribution in [3.05, 3.63) is 41.1 Å². The lowest BCUT2D eigenvalue weighted by Crippen LogP contribution is -2.63. The number of nitrogens with one attached hydrogen (secondary N) is 1. The van der Waals surface area contributed by atoms with Crippen molar-refractivity contribution in [1.29, 1.82) is 0 Å². The number of rotatable bonds is 2. The topological polar surface area (TPSA) is 58.6 Å². The Labute approximate surface area is 163 Å². The van der Waals surface area contributed by atoms with E-state index in [2.05, 4.69) is 16.3 Å². The van der Waals surface area contributed by atoms with Crippen LogP contribution in [0.25, 0.3) is 0 Å². The van der Waals surface area contributed by atoms with Gasteiger partial charge in [-0.15, -0.1) is 0 Å². The Morgan fingerprint density at radius 3 is 2.81 bits per heavy atom. The molecule has 0 bridgehead atoms. The summed E-state index contributed by atoms with van der Waals surface area (Å²) in [7, 11) is 1.41. The molecule has 3 aliphatic heterocycles. The molecule has 140 valence electrons. The van der Waals surface area contributed by atoms with E-state index < -0.39 is 10.8 Å². The fourth-order valence-electron chi connectivity index (χ4n) is 6.11. The zero-order chi connectivity index (χ0) is 19.0. The number of carbonyl (C=O) groups is 2. The number of anilines is 1. The van der Waals surface area contributed by atoms with Gasteiger partial charge in [0.05, 0.1) is 34.5 Å². The third-order valence-electron chi connectivity index (χ3n) is 7.19. The highest BCUT2D eigenvalue weighted by atomic mass is 32.1. The first-order valence-electron chi connectivity index (χ1n) is 9.45. The van der Waals surface area contributed by atoms with Crippen LogP contribution >= 0.6 is 12.2 Å². The second kappa shape index (κ2) is 5.41. The molecule has 2 saturated heterocycles. The zero-order valence-corrected chi connectivity index (χ0v) is 16.3. The predicted octanol–water partition coefficient (Wildman–Crippen LogP) is 2.95. The summed E-state index contributed by atoms with van der Waals surface area (Å²) in [5, 5.41) is 3.52. The fraction of sp³-hybridized carbons (Fsp3) is 0.476. The van der Waals surface area contributed by atoms with Gasteiger partial charge in [0.25, 0.3) is 0 Å². The summed E-state index contributed by atoms with van der Waals surface area (Å²) in [5.41, 5.74) is 2.72. The SMILES string of the molecule is COC(=O)C1=C2Nc3ccccc3[C@]23CCN2C(=S)CC[C@](C(C)=O)(C1)[C@@H]23. The van der Waals surface area contributed by atoms with Crippen molar-refractivity contribution in [3.63, 3.8) is 0 Å². The Hall–Kier alpha value is -2.21. The molecule has 4 aliphatic rings. The smallest absolute Gasteiger partial charge is 0.335 e. The standard InChI is InChI=1S/C21H22N2O3S/c1-12(24)20-8-7-16(27)23-10-9-21(19(20)23)14-5-3-4-6-15(14)22-17(21)13(11-20)18(25)26-2/h3-6,19,22H,7-11H2,1-2H3/t19-,20-,21-/m1/s1. The molecule has 0 amide bonds. The lowest BCUT2D eigenvalue weighted by molar-refractivity contribution is -0.138. The highest BCUT2D eigenvalue weighted by molar-refractivity contribution is 7.80. The predicted molar refractivity (Wildman–Crippen MR) is 105 cm³/mol. The maximum Gasteiger partial charge on any atom is 0.335 e. The Bertz CT molecular complexity index is 939. The first-order chi connectivity index (χ1) is 13.0. The number of esters is 1. The summed E-state index contributed by atoms with van der Waals surface area (Å²) >= 11 is 5.70. The number of carbonyl (C=O) groups excluding carboxylic acids is 2. The minimum Gasteiger partial charge on any atom is -0.466 e. The second-order valence-corrected chi connectivity index (χ2v) is 8.59. The van der Waals surface area contributed by atoms with E-state index in [-0.39, 0.29) is 17.8 Å². The van der Waals surface area contributed by atoms with Crippen molar-refractivity contribution >= 4 is 34.6 Å². The van der Waals surface area contributed by atoms with Crippen LogP contribution in [-0.4, -0.2) is 41.3 Å². The molecule has 0 aromatic heterocycles. The van der Waals surface area contributed by atoms with Crippen LogP contribution in [-0.2, 0) is 19.7 Å². The van der Waals surface area contributed by atoms with Crippen molar-refractivity contribution in [3.8, 4) is 0 Å². The largest absolute Gasteiger partial charge is 0.466 e. The summed E-state index contributed by atoms with van der Waals surface area (Å²) < 4.78 is 5.14. The number of methoxy groups -OCH3 is 1. The lowest BCUT2D eigenvalue weighted by atomic mass is 9.53. The van der Waals surface area contributed by atoms with Crippen molar-refractivity contribution in [1.82, 2.24) is 4.90 Å². The van der Waals surface area contributed by atoms with E-state index in [0.29, 0.717) is 18.4 Å². The minimum absolute atomic E-state index is 0.0386. The van der Waals surface area contributed by atoms with E-state index in [1.807, 2.05) is 18.2 Å². The van der Waals surface area contributed by atoms with E-state index in [4.69, 9.17) is 17.0 Å². The van der Waals surface area contributed by atoms with E-state index in [0.717, 1.165) is 35.8 Å². The Morgan fingerprint density at radius 1 is 1.30 bits per heavy atom. The summed E-state index contributed by atoms with van der Waals surface area (Å²) in [6.07, 6.45) is 2.67. The van der Waals surface area contributed by atoms with Gasteiger partial charge in [-0.3, -0.25) is 4.79 Å². The molecule has 27 heavy (non-hydrogen) atoms. The highest BCUT2D eigenvalue weighted by Crippen LogP contribution is 2.64. The van der Waals surface area contributed by atoms with Crippen LogP contribution in [0.15, 0.2) is 35.5 Å². The van der Waals surface area contributed by atoms with Gasteiger partial charge in [-0.25, -0.2) is 4.79 Å². The molecule has 0 saturated carbocycles. The molecule has 6 heteroatoms. The molecule has 1 N–H and O–H groups in total. The van der Waals surface area contributed by atoms with Crippen molar-refractivity contribution in [2.75, 3.05) is 19.0 Å². The van der Waals surface area contributed by atoms with Crippen LogP contribution in [0.4, 0.5) is 5.69 Å². The van der Waals surface area contributed by atoms with Crippen molar-refractivity contribution in [2.45, 2.75) is 44.1 Å². The Balaban J connectivity index is 1.85. The molecule has 1 aromatic rings. The van der Waals surface area contributed by atoms with Crippen LogP contribution in [0.1, 0.15) is 38.2 Å². The maximum absolute atomic E-state index is 13.1. The molecule has 1 spiro atoms. The van der Waals surface area contributed by atoms with Crippen LogP contribution < -0.4 is 5.32 Å². The van der Waals surface area contributed by atoms with Gasteiger partial charge in [0.1, 0.15) is 5.78 Å². The summed E-state index contributed by atoms with van der Waals surface area (Å²) in [4.78, 5) is 29.1. The average molecular weight is 382 g/mol. The number of thiocarbonyl (C=S) groups is 1. The van der Waals surface area contributed by atoms with Gasteiger partial charge in [0.2, 0.25) is 0 Å². The molecule has 1 aromatic carbocycles. The van der Waals surface area contributed by atoms with E-state index in [1.54, 1.807) is 6.92 Å². The Morgan fingerprint density at radius 2 is 2.07 bits per heavy atom. The van der Waals surface area contributed by atoms with Crippen LogP contribution in [0.3, 0.4) is 0 Å². The summed E-state index contributed by atoms with van der Waals surface area (Å²) in [6.45, 7) is 2.49. The van der Waals surface area contributed by atoms with Gasteiger partial charge in [0.15, 0.2) is 0 Å². The van der Waals surface area contributed by atoms with Crippen molar-refractivity contribution in [2.24, 2.45) is 5.41 Å². The number of ether oxygens (including phenoxy) is 1.